The molecule has 0 fully saturated rings. The van der Waals surface area contributed by atoms with E-state index in [1.165, 1.54) is 16.2 Å². The van der Waals surface area contributed by atoms with Crippen molar-refractivity contribution in [1.29, 1.82) is 0 Å². The van der Waals surface area contributed by atoms with E-state index in [-0.39, 0.29) is 18.2 Å². The van der Waals surface area contributed by atoms with Gasteiger partial charge in [0.15, 0.2) is 0 Å². The van der Waals surface area contributed by atoms with E-state index in [4.69, 9.17) is 4.74 Å². The number of thiophene rings is 1. The van der Waals surface area contributed by atoms with Crippen molar-refractivity contribution in [3.05, 3.63) is 70.9 Å². The molecule has 1 atom stereocenters. The molecule has 31 heavy (non-hydrogen) atoms. The van der Waals surface area contributed by atoms with E-state index in [9.17, 15) is 14.4 Å². The van der Waals surface area contributed by atoms with Gasteiger partial charge in [0.1, 0.15) is 11.8 Å². The molecule has 2 aromatic carbocycles. The fraction of sp³-hybridized carbons (Fsp3) is 0.174. The molecule has 1 aromatic heterocycles. The molecule has 0 spiro atoms. The van der Waals surface area contributed by atoms with E-state index >= 15 is 0 Å². The van der Waals surface area contributed by atoms with E-state index in [1.807, 2.05) is 6.92 Å². The summed E-state index contributed by atoms with van der Waals surface area (Å²) in [5, 5.41) is 7.39. The quantitative estimate of drug-likeness (QED) is 0.609. The summed E-state index contributed by atoms with van der Waals surface area (Å²) in [6, 6.07) is 16.6. The molecule has 3 aromatic rings. The Labute approximate surface area is 183 Å². The second kappa shape index (κ2) is 9.01. The van der Waals surface area contributed by atoms with Crippen LogP contribution in [0.5, 0.6) is 5.75 Å². The molecule has 2 N–H and O–H groups in total. The predicted molar refractivity (Wildman–Crippen MR) is 121 cm³/mol. The smallest absolute Gasteiger partial charge is 0.269 e. The van der Waals surface area contributed by atoms with Gasteiger partial charge in [-0.1, -0.05) is 18.2 Å². The number of para-hydroxylation sites is 2. The number of hydrogen-bond donors (Lipinski definition) is 2. The summed E-state index contributed by atoms with van der Waals surface area (Å²) in [5.74, 6) is -0.370. The van der Waals surface area contributed by atoms with Crippen LogP contribution in [0, 0.1) is 0 Å². The van der Waals surface area contributed by atoms with Crippen molar-refractivity contribution >= 4 is 46.1 Å². The van der Waals surface area contributed by atoms with Crippen LogP contribution in [0.2, 0.25) is 0 Å². The number of carbonyl (C=O) groups excluding carboxylic acids is 3. The molecule has 0 aliphatic carbocycles. The zero-order valence-corrected chi connectivity index (χ0v) is 17.6. The normalized spacial score (nSPS) is 15.1. The first-order valence-corrected chi connectivity index (χ1v) is 10.7. The van der Waals surface area contributed by atoms with Crippen LogP contribution in [0.15, 0.2) is 66.0 Å². The molecule has 2 heterocycles. The van der Waals surface area contributed by atoms with Crippen molar-refractivity contribution in [1.82, 2.24) is 0 Å². The van der Waals surface area contributed by atoms with Crippen LogP contribution in [-0.2, 0) is 9.59 Å². The van der Waals surface area contributed by atoms with Gasteiger partial charge in [0.25, 0.3) is 5.91 Å². The number of hydrogen-bond acceptors (Lipinski definition) is 5. The lowest BCUT2D eigenvalue weighted by atomic mass is 10.0. The monoisotopic (exact) mass is 435 g/mol. The van der Waals surface area contributed by atoms with E-state index in [1.54, 1.807) is 66.0 Å². The Balaban J connectivity index is 1.57. The Bertz CT molecular complexity index is 1100. The summed E-state index contributed by atoms with van der Waals surface area (Å²) >= 11 is 1.29. The van der Waals surface area contributed by atoms with Crippen LogP contribution in [0.25, 0.3) is 0 Å². The minimum atomic E-state index is -0.966. The van der Waals surface area contributed by atoms with Gasteiger partial charge in [0, 0.05) is 5.69 Å². The average molecular weight is 436 g/mol. The minimum Gasteiger partial charge on any atom is -0.494 e. The Kier molecular flexibility index (Phi) is 5.99. The van der Waals surface area contributed by atoms with Gasteiger partial charge in [0.2, 0.25) is 11.8 Å². The number of benzene rings is 2. The Morgan fingerprint density at radius 1 is 1.10 bits per heavy atom. The lowest BCUT2D eigenvalue weighted by Gasteiger charge is -2.35. The van der Waals surface area contributed by atoms with Crippen molar-refractivity contribution < 1.29 is 19.1 Å². The second-order valence-electron chi connectivity index (χ2n) is 6.88. The van der Waals surface area contributed by atoms with E-state index < -0.39 is 11.9 Å². The van der Waals surface area contributed by atoms with Gasteiger partial charge in [-0.2, -0.15) is 0 Å². The number of rotatable bonds is 6. The Hall–Kier alpha value is -3.65. The first-order chi connectivity index (χ1) is 15.1. The fourth-order valence-corrected chi connectivity index (χ4v) is 4.09. The van der Waals surface area contributed by atoms with E-state index in [0.717, 1.165) is 0 Å². The standard InChI is InChI=1S/C23H21N3O4S/c1-2-30-16-11-9-15(10-12-16)24-21(27)14-19-22(28)25-17-6-3-4-7-18(17)26(19)23(29)20-8-5-13-31-20/h3-13,19H,2,14H2,1H3,(H,24,27)(H,25,28)/t19-/m0/s1. The molecule has 0 radical (unpaired) electrons. The zero-order valence-electron chi connectivity index (χ0n) is 16.8. The number of nitrogens with zero attached hydrogens (tertiary/aromatic N) is 1. The highest BCUT2D eigenvalue weighted by Gasteiger charge is 2.38. The van der Waals surface area contributed by atoms with Crippen LogP contribution < -0.4 is 20.3 Å². The zero-order chi connectivity index (χ0) is 21.8. The average Bonchev–Trinajstić information content (AvgIpc) is 3.30. The molecular weight excluding hydrogens is 414 g/mol. The van der Waals surface area contributed by atoms with Crippen LogP contribution in [0.4, 0.5) is 17.1 Å². The van der Waals surface area contributed by atoms with E-state index in [2.05, 4.69) is 10.6 Å². The fourth-order valence-electron chi connectivity index (χ4n) is 3.43. The number of nitrogens with one attached hydrogen (secondary N) is 2. The maximum absolute atomic E-state index is 13.2. The molecule has 158 valence electrons. The van der Waals surface area contributed by atoms with Crippen molar-refractivity contribution in [2.75, 3.05) is 22.1 Å². The molecular formula is C23H21N3O4S. The number of carbonyl (C=O) groups is 3. The third-order valence-corrected chi connectivity index (χ3v) is 5.67. The molecule has 8 heteroatoms. The van der Waals surface area contributed by atoms with Crippen LogP contribution in [0.1, 0.15) is 23.0 Å². The predicted octanol–water partition coefficient (Wildman–Crippen LogP) is 4.14. The third-order valence-electron chi connectivity index (χ3n) is 4.81. The lowest BCUT2D eigenvalue weighted by molar-refractivity contribution is -0.122. The van der Waals surface area contributed by atoms with Gasteiger partial charge in [0.05, 0.1) is 29.3 Å². The molecule has 0 saturated heterocycles. The Morgan fingerprint density at radius 3 is 2.58 bits per heavy atom. The lowest BCUT2D eigenvalue weighted by Crippen LogP contribution is -2.52. The number of fused-ring (bicyclic) bond motifs is 1. The van der Waals surface area contributed by atoms with Crippen molar-refractivity contribution in [3.8, 4) is 5.75 Å². The molecule has 0 saturated carbocycles. The van der Waals surface area contributed by atoms with Crippen molar-refractivity contribution in [3.63, 3.8) is 0 Å². The highest BCUT2D eigenvalue weighted by Crippen LogP contribution is 2.34. The minimum absolute atomic E-state index is 0.176. The topological polar surface area (TPSA) is 87.7 Å². The highest BCUT2D eigenvalue weighted by molar-refractivity contribution is 7.12. The first-order valence-electron chi connectivity index (χ1n) is 9.86. The van der Waals surface area contributed by atoms with Crippen LogP contribution >= 0.6 is 11.3 Å². The SMILES string of the molecule is CCOc1ccc(NC(=O)C[C@H]2C(=O)Nc3ccccc3N2C(=O)c2cccs2)cc1. The summed E-state index contributed by atoms with van der Waals surface area (Å²) < 4.78 is 5.40. The maximum atomic E-state index is 13.2. The molecule has 1 aliphatic rings. The molecule has 0 unspecified atom stereocenters. The Morgan fingerprint density at radius 2 is 1.87 bits per heavy atom. The summed E-state index contributed by atoms with van der Waals surface area (Å²) in [4.78, 5) is 40.7. The van der Waals surface area contributed by atoms with Crippen LogP contribution in [0.3, 0.4) is 0 Å². The molecule has 3 amide bonds. The number of ether oxygens (including phenoxy) is 1. The summed E-state index contributed by atoms with van der Waals surface area (Å²) in [6.45, 7) is 2.45. The largest absolute Gasteiger partial charge is 0.494 e. The van der Waals surface area contributed by atoms with Gasteiger partial charge in [-0.15, -0.1) is 11.3 Å². The van der Waals surface area contributed by atoms with Gasteiger partial charge in [-0.25, -0.2) is 0 Å². The second-order valence-corrected chi connectivity index (χ2v) is 7.83. The molecule has 0 bridgehead atoms. The highest BCUT2D eigenvalue weighted by atomic mass is 32.1. The first kappa shape index (κ1) is 20.6. The van der Waals surface area contributed by atoms with Crippen molar-refractivity contribution in [2.45, 2.75) is 19.4 Å². The maximum Gasteiger partial charge on any atom is 0.269 e. The van der Waals surface area contributed by atoms with Crippen molar-refractivity contribution in [2.24, 2.45) is 0 Å². The van der Waals surface area contributed by atoms with Gasteiger partial charge < -0.3 is 15.4 Å². The molecule has 4 rings (SSSR count). The van der Waals surface area contributed by atoms with E-state index in [0.29, 0.717) is 34.3 Å². The van der Waals surface area contributed by atoms with Gasteiger partial charge in [-0.05, 0) is 54.8 Å². The molecule has 1 aliphatic heterocycles. The van der Waals surface area contributed by atoms with Gasteiger partial charge >= 0.3 is 0 Å². The third kappa shape index (κ3) is 4.44. The molecule has 7 nitrogen and oxygen atoms in total. The summed E-state index contributed by atoms with van der Waals surface area (Å²) in [5.41, 5.74) is 1.70. The van der Waals surface area contributed by atoms with Crippen LogP contribution in [-0.4, -0.2) is 30.4 Å². The summed E-state index contributed by atoms with van der Waals surface area (Å²) in [7, 11) is 0. The van der Waals surface area contributed by atoms with Gasteiger partial charge in [-0.3, -0.25) is 19.3 Å². The summed E-state index contributed by atoms with van der Waals surface area (Å²) in [6.07, 6.45) is -0.176. The number of anilines is 3. The number of amides is 3.